The third-order valence-corrected chi connectivity index (χ3v) is 4.66. The molecule has 6 heteroatoms. The van der Waals surface area contributed by atoms with E-state index in [2.05, 4.69) is 5.32 Å². The molecule has 0 amide bonds. The first kappa shape index (κ1) is 12.9. The second-order valence-corrected chi connectivity index (χ2v) is 5.72. The molecule has 1 aliphatic rings. The zero-order valence-corrected chi connectivity index (χ0v) is 10.2. The van der Waals surface area contributed by atoms with Crippen LogP contribution in [0.2, 0.25) is 0 Å². The number of likely N-dealkylation sites (N-methyl/N-ethyl adjacent to an activating group) is 1. The maximum Gasteiger partial charge on any atom is 0.214 e. The Morgan fingerprint density at radius 2 is 2.13 bits per heavy atom. The molecule has 0 aliphatic carbocycles. The Morgan fingerprint density at radius 3 is 2.53 bits per heavy atom. The van der Waals surface area contributed by atoms with Gasteiger partial charge in [0.25, 0.3) is 0 Å². The number of methoxy groups -OCH3 is 1. The summed E-state index contributed by atoms with van der Waals surface area (Å²) >= 11 is 0. The number of nitrogens with zero attached hydrogens (tertiary/aromatic N) is 1. The van der Waals surface area contributed by atoms with E-state index in [9.17, 15) is 8.42 Å². The largest absolute Gasteiger partial charge is 0.385 e. The van der Waals surface area contributed by atoms with E-state index in [-0.39, 0.29) is 11.8 Å². The molecule has 90 valence electrons. The van der Waals surface area contributed by atoms with Crippen molar-refractivity contribution in [2.75, 3.05) is 39.1 Å². The van der Waals surface area contributed by atoms with Gasteiger partial charge in [-0.15, -0.1) is 0 Å². The first-order valence-corrected chi connectivity index (χ1v) is 6.92. The molecule has 0 aromatic carbocycles. The monoisotopic (exact) mass is 236 g/mol. The van der Waals surface area contributed by atoms with Gasteiger partial charge in [0.05, 0.1) is 5.75 Å². The second kappa shape index (κ2) is 5.79. The van der Waals surface area contributed by atoms with Crippen molar-refractivity contribution in [3.63, 3.8) is 0 Å². The van der Waals surface area contributed by atoms with Gasteiger partial charge in [-0.2, -0.15) is 4.31 Å². The second-order valence-electron chi connectivity index (χ2n) is 3.68. The van der Waals surface area contributed by atoms with Gasteiger partial charge in [0.2, 0.25) is 10.0 Å². The maximum atomic E-state index is 11.9. The molecule has 0 bridgehead atoms. The molecule has 0 spiro atoms. The minimum absolute atomic E-state index is 0.155. The van der Waals surface area contributed by atoms with Gasteiger partial charge in [-0.25, -0.2) is 8.42 Å². The molecule has 1 saturated heterocycles. The van der Waals surface area contributed by atoms with Crippen LogP contribution in [0, 0.1) is 0 Å². The Labute approximate surface area is 91.8 Å². The topological polar surface area (TPSA) is 58.6 Å². The summed E-state index contributed by atoms with van der Waals surface area (Å²) in [7, 11) is -1.51. The van der Waals surface area contributed by atoms with Crippen molar-refractivity contribution in [2.45, 2.75) is 19.4 Å². The number of hydrogen-bond acceptors (Lipinski definition) is 4. The van der Waals surface area contributed by atoms with Crippen molar-refractivity contribution < 1.29 is 13.2 Å². The predicted octanol–water partition coefficient (Wildman–Crippen LogP) is -0.354. The van der Waals surface area contributed by atoms with Crippen molar-refractivity contribution in [3.05, 3.63) is 0 Å². The molecule has 0 unspecified atom stereocenters. The van der Waals surface area contributed by atoms with E-state index in [0.29, 0.717) is 19.6 Å². The number of ether oxygens (including phenoxy) is 1. The van der Waals surface area contributed by atoms with Crippen LogP contribution in [0.5, 0.6) is 0 Å². The minimum Gasteiger partial charge on any atom is -0.385 e. The zero-order chi connectivity index (χ0) is 11.3. The lowest BCUT2D eigenvalue weighted by atomic mass is 10.2. The number of sulfonamides is 1. The van der Waals surface area contributed by atoms with E-state index in [0.717, 1.165) is 13.1 Å². The fraction of sp³-hybridized carbons (Fsp3) is 1.00. The molecular weight excluding hydrogens is 216 g/mol. The fourth-order valence-corrected chi connectivity index (χ4v) is 3.38. The average molecular weight is 236 g/mol. The lowest BCUT2D eigenvalue weighted by Crippen LogP contribution is -2.59. The molecule has 1 heterocycles. The molecule has 1 N–H and O–H groups in total. The Kier molecular flexibility index (Phi) is 4.98. The van der Waals surface area contributed by atoms with Gasteiger partial charge in [-0.05, 0) is 6.42 Å². The van der Waals surface area contributed by atoms with Crippen LogP contribution >= 0.6 is 0 Å². The summed E-state index contributed by atoms with van der Waals surface area (Å²) < 4.78 is 30.3. The number of rotatable bonds is 7. The summed E-state index contributed by atoms with van der Waals surface area (Å²) in [6.45, 7) is 4.49. The van der Waals surface area contributed by atoms with Crippen molar-refractivity contribution in [1.29, 1.82) is 0 Å². The summed E-state index contributed by atoms with van der Waals surface area (Å²) in [5, 5.41) is 3.08. The van der Waals surface area contributed by atoms with Crippen LogP contribution in [0.15, 0.2) is 0 Å². The predicted molar refractivity (Wildman–Crippen MR) is 59.3 cm³/mol. The molecule has 5 nitrogen and oxygen atoms in total. The van der Waals surface area contributed by atoms with E-state index < -0.39 is 10.0 Å². The number of nitrogens with one attached hydrogen (secondary N) is 1. The molecule has 0 aromatic rings. The van der Waals surface area contributed by atoms with Gasteiger partial charge in [0, 0.05) is 39.4 Å². The molecule has 1 aliphatic heterocycles. The Balaban J connectivity index is 2.48. The summed E-state index contributed by atoms with van der Waals surface area (Å²) in [6, 6.07) is 0.155. The van der Waals surface area contributed by atoms with Gasteiger partial charge in [-0.1, -0.05) is 6.92 Å². The normalized spacial score (nSPS) is 18.1. The summed E-state index contributed by atoms with van der Waals surface area (Å²) in [5.41, 5.74) is 0. The maximum absolute atomic E-state index is 11.9. The van der Waals surface area contributed by atoms with E-state index in [1.54, 1.807) is 11.4 Å². The van der Waals surface area contributed by atoms with Gasteiger partial charge < -0.3 is 10.1 Å². The van der Waals surface area contributed by atoms with E-state index >= 15 is 0 Å². The lowest BCUT2D eigenvalue weighted by molar-refractivity contribution is 0.198. The third-order valence-electron chi connectivity index (χ3n) is 2.59. The molecule has 0 atom stereocenters. The third kappa shape index (κ3) is 3.41. The Morgan fingerprint density at radius 1 is 1.47 bits per heavy atom. The van der Waals surface area contributed by atoms with Crippen LogP contribution in [0.3, 0.4) is 0 Å². The van der Waals surface area contributed by atoms with Crippen molar-refractivity contribution in [3.8, 4) is 0 Å². The van der Waals surface area contributed by atoms with E-state index in [1.165, 1.54) is 0 Å². The Hall–Kier alpha value is -0.170. The zero-order valence-electron chi connectivity index (χ0n) is 9.40. The molecule has 0 radical (unpaired) electrons. The molecular formula is C9H20N2O3S. The SMILES string of the molecule is CCN(C1CNC1)S(=O)(=O)CCCOC. The molecule has 0 saturated carbocycles. The van der Waals surface area contributed by atoms with Gasteiger partial charge in [0.15, 0.2) is 0 Å². The smallest absolute Gasteiger partial charge is 0.214 e. The highest BCUT2D eigenvalue weighted by Crippen LogP contribution is 2.12. The van der Waals surface area contributed by atoms with Crippen LogP contribution in [0.25, 0.3) is 0 Å². The minimum atomic E-state index is -3.09. The number of hydrogen-bond donors (Lipinski definition) is 1. The highest BCUT2D eigenvalue weighted by molar-refractivity contribution is 7.89. The fourth-order valence-electron chi connectivity index (χ4n) is 1.66. The van der Waals surface area contributed by atoms with Gasteiger partial charge in [-0.3, -0.25) is 0 Å². The van der Waals surface area contributed by atoms with Gasteiger partial charge >= 0.3 is 0 Å². The first-order chi connectivity index (χ1) is 7.11. The van der Waals surface area contributed by atoms with Crippen molar-refractivity contribution >= 4 is 10.0 Å². The summed E-state index contributed by atoms with van der Waals surface area (Å²) in [5.74, 6) is 0.186. The Bertz CT molecular complexity index is 275. The summed E-state index contributed by atoms with van der Waals surface area (Å²) in [6.07, 6.45) is 0.565. The van der Waals surface area contributed by atoms with Crippen LogP contribution < -0.4 is 5.32 Å². The highest BCUT2D eigenvalue weighted by Gasteiger charge is 2.31. The first-order valence-electron chi connectivity index (χ1n) is 5.31. The van der Waals surface area contributed by atoms with Crippen LogP contribution in [-0.4, -0.2) is 57.9 Å². The van der Waals surface area contributed by atoms with Gasteiger partial charge in [0.1, 0.15) is 0 Å². The van der Waals surface area contributed by atoms with E-state index in [4.69, 9.17) is 4.74 Å². The summed E-state index contributed by atoms with van der Waals surface area (Å²) in [4.78, 5) is 0. The molecule has 1 rings (SSSR count). The quantitative estimate of drug-likeness (QED) is 0.614. The molecule has 0 aromatic heterocycles. The molecule has 15 heavy (non-hydrogen) atoms. The van der Waals surface area contributed by atoms with Crippen LogP contribution in [-0.2, 0) is 14.8 Å². The highest BCUT2D eigenvalue weighted by atomic mass is 32.2. The standard InChI is InChI=1S/C9H20N2O3S/c1-3-11(9-7-10-8-9)15(12,13)6-4-5-14-2/h9-10H,3-8H2,1-2H3. The average Bonchev–Trinajstić information content (AvgIpc) is 2.10. The van der Waals surface area contributed by atoms with Crippen molar-refractivity contribution in [2.24, 2.45) is 0 Å². The van der Waals surface area contributed by atoms with Crippen molar-refractivity contribution in [1.82, 2.24) is 9.62 Å². The molecule has 1 fully saturated rings. The van der Waals surface area contributed by atoms with Crippen LogP contribution in [0.4, 0.5) is 0 Å². The van der Waals surface area contributed by atoms with E-state index in [1.807, 2.05) is 6.92 Å². The lowest BCUT2D eigenvalue weighted by Gasteiger charge is -2.36. The van der Waals surface area contributed by atoms with Crippen LogP contribution in [0.1, 0.15) is 13.3 Å².